The van der Waals surface area contributed by atoms with Gasteiger partial charge < -0.3 is 5.32 Å². The van der Waals surface area contributed by atoms with Gasteiger partial charge in [0.15, 0.2) is 0 Å². The van der Waals surface area contributed by atoms with Crippen molar-refractivity contribution in [1.29, 1.82) is 0 Å². The fourth-order valence-corrected chi connectivity index (χ4v) is 2.16. The van der Waals surface area contributed by atoms with Crippen molar-refractivity contribution in [2.24, 2.45) is 5.92 Å². The van der Waals surface area contributed by atoms with Crippen LogP contribution in [0.25, 0.3) is 5.69 Å². The summed E-state index contributed by atoms with van der Waals surface area (Å²) >= 11 is 0. The Morgan fingerprint density at radius 1 is 1.20 bits per heavy atom. The van der Waals surface area contributed by atoms with E-state index in [1.54, 1.807) is 11.0 Å². The number of rotatable bonds is 6. The van der Waals surface area contributed by atoms with Crippen molar-refractivity contribution in [1.82, 2.24) is 20.2 Å². The second kappa shape index (κ2) is 6.50. The molecular formula is C15H23N5. The molecule has 0 radical (unpaired) electrons. The van der Waals surface area contributed by atoms with Gasteiger partial charge in [-0.2, -0.15) is 0 Å². The minimum absolute atomic E-state index is 0.460. The fourth-order valence-electron chi connectivity index (χ4n) is 2.16. The molecule has 1 N–H and O–H groups in total. The lowest BCUT2D eigenvalue weighted by Gasteiger charge is -2.17. The minimum atomic E-state index is 0.460. The lowest BCUT2D eigenvalue weighted by Crippen LogP contribution is -2.16. The van der Waals surface area contributed by atoms with Crippen molar-refractivity contribution in [2.75, 3.05) is 5.32 Å². The molecule has 0 spiro atoms. The molecule has 5 heteroatoms. The Bertz CT molecular complexity index is 533. The zero-order valence-corrected chi connectivity index (χ0v) is 12.7. The first kappa shape index (κ1) is 14.5. The van der Waals surface area contributed by atoms with E-state index in [9.17, 15) is 0 Å². The van der Waals surface area contributed by atoms with Crippen molar-refractivity contribution >= 4 is 5.69 Å². The predicted molar refractivity (Wildman–Crippen MR) is 81.0 cm³/mol. The molecule has 0 amide bonds. The number of aromatic nitrogens is 4. The van der Waals surface area contributed by atoms with E-state index < -0.39 is 0 Å². The number of tetrazole rings is 1. The van der Waals surface area contributed by atoms with E-state index in [4.69, 9.17) is 0 Å². The van der Waals surface area contributed by atoms with E-state index in [2.05, 4.69) is 66.7 Å². The number of nitrogens with zero attached hydrogens (tertiary/aromatic N) is 4. The number of aryl methyl sites for hydroxylation is 1. The highest BCUT2D eigenvalue weighted by atomic mass is 15.5. The molecule has 1 heterocycles. The summed E-state index contributed by atoms with van der Waals surface area (Å²) in [5, 5.41) is 14.9. The number of nitrogens with one attached hydrogen (secondary N) is 1. The van der Waals surface area contributed by atoms with E-state index in [1.807, 2.05) is 0 Å². The van der Waals surface area contributed by atoms with Gasteiger partial charge in [-0.15, -0.1) is 5.10 Å². The third-order valence-corrected chi connectivity index (χ3v) is 3.40. The van der Waals surface area contributed by atoms with Crippen LogP contribution in [0.1, 0.15) is 39.2 Å². The molecule has 0 bridgehead atoms. The zero-order chi connectivity index (χ0) is 14.5. The van der Waals surface area contributed by atoms with Gasteiger partial charge in [-0.1, -0.05) is 19.9 Å². The standard InChI is InChI=1S/C15H23N5/c1-11(2)5-7-13(4)17-14-8-6-12(3)15(9-14)20-10-16-18-19-20/h6,8-11,13,17H,5,7H2,1-4H3. The van der Waals surface area contributed by atoms with Gasteiger partial charge in [0, 0.05) is 11.7 Å². The molecule has 5 nitrogen and oxygen atoms in total. The molecule has 108 valence electrons. The third-order valence-electron chi connectivity index (χ3n) is 3.40. The zero-order valence-electron chi connectivity index (χ0n) is 12.7. The van der Waals surface area contributed by atoms with E-state index in [1.165, 1.54) is 12.8 Å². The maximum Gasteiger partial charge on any atom is 0.143 e. The van der Waals surface area contributed by atoms with Crippen LogP contribution in [0.5, 0.6) is 0 Å². The van der Waals surface area contributed by atoms with Crippen LogP contribution >= 0.6 is 0 Å². The molecular weight excluding hydrogens is 250 g/mol. The summed E-state index contributed by atoms with van der Waals surface area (Å²) in [5.41, 5.74) is 3.27. The van der Waals surface area contributed by atoms with Crippen LogP contribution < -0.4 is 5.32 Å². The van der Waals surface area contributed by atoms with Gasteiger partial charge in [-0.25, -0.2) is 4.68 Å². The Balaban J connectivity index is 2.08. The molecule has 0 fully saturated rings. The first-order valence-electron chi connectivity index (χ1n) is 7.17. The molecule has 1 atom stereocenters. The van der Waals surface area contributed by atoms with Gasteiger partial charge in [-0.3, -0.25) is 0 Å². The largest absolute Gasteiger partial charge is 0.383 e. The molecule has 0 aliphatic carbocycles. The minimum Gasteiger partial charge on any atom is -0.383 e. The van der Waals surface area contributed by atoms with Crippen molar-refractivity contribution in [3.05, 3.63) is 30.1 Å². The van der Waals surface area contributed by atoms with Gasteiger partial charge in [0.05, 0.1) is 5.69 Å². The summed E-state index contributed by atoms with van der Waals surface area (Å²) < 4.78 is 1.69. The number of benzene rings is 1. The van der Waals surface area contributed by atoms with Crippen molar-refractivity contribution < 1.29 is 0 Å². The molecule has 0 aliphatic rings. The van der Waals surface area contributed by atoms with Crippen molar-refractivity contribution in [2.45, 2.75) is 46.6 Å². The molecule has 2 rings (SSSR count). The van der Waals surface area contributed by atoms with Crippen LogP contribution in [-0.2, 0) is 0 Å². The second-order valence-corrected chi connectivity index (χ2v) is 5.77. The van der Waals surface area contributed by atoms with Crippen LogP contribution in [0.3, 0.4) is 0 Å². The van der Waals surface area contributed by atoms with Gasteiger partial charge >= 0.3 is 0 Å². The smallest absolute Gasteiger partial charge is 0.143 e. The Morgan fingerprint density at radius 3 is 2.65 bits per heavy atom. The maximum atomic E-state index is 3.95. The average Bonchev–Trinajstić information content (AvgIpc) is 2.92. The highest BCUT2D eigenvalue weighted by molar-refractivity contribution is 5.54. The van der Waals surface area contributed by atoms with E-state index in [0.717, 1.165) is 22.9 Å². The van der Waals surface area contributed by atoms with E-state index >= 15 is 0 Å². The quantitative estimate of drug-likeness (QED) is 0.878. The lowest BCUT2D eigenvalue weighted by atomic mass is 10.0. The SMILES string of the molecule is Cc1ccc(NC(C)CCC(C)C)cc1-n1cnnn1. The summed E-state index contributed by atoms with van der Waals surface area (Å²) in [5.74, 6) is 0.744. The van der Waals surface area contributed by atoms with Crippen LogP contribution in [0.4, 0.5) is 5.69 Å². The summed E-state index contributed by atoms with van der Waals surface area (Å²) in [7, 11) is 0. The molecule has 0 saturated carbocycles. The first-order valence-corrected chi connectivity index (χ1v) is 7.17. The summed E-state index contributed by atoms with van der Waals surface area (Å²) in [4.78, 5) is 0. The van der Waals surface area contributed by atoms with Crippen LogP contribution in [0.15, 0.2) is 24.5 Å². The predicted octanol–water partition coefficient (Wildman–Crippen LogP) is 3.21. The van der Waals surface area contributed by atoms with E-state index in [-0.39, 0.29) is 0 Å². The van der Waals surface area contributed by atoms with Gasteiger partial charge in [-0.05, 0) is 60.7 Å². The number of hydrogen-bond donors (Lipinski definition) is 1. The highest BCUT2D eigenvalue weighted by Gasteiger charge is 2.07. The molecule has 0 saturated heterocycles. The monoisotopic (exact) mass is 273 g/mol. The molecule has 1 aromatic carbocycles. The number of anilines is 1. The molecule has 0 aliphatic heterocycles. The van der Waals surface area contributed by atoms with Gasteiger partial charge in [0.2, 0.25) is 0 Å². The third kappa shape index (κ3) is 3.79. The summed E-state index contributed by atoms with van der Waals surface area (Å²) in [6, 6.07) is 6.75. The Labute approximate surface area is 120 Å². The second-order valence-electron chi connectivity index (χ2n) is 5.77. The first-order chi connectivity index (χ1) is 9.56. The topological polar surface area (TPSA) is 55.6 Å². The Kier molecular flexibility index (Phi) is 4.71. The highest BCUT2D eigenvalue weighted by Crippen LogP contribution is 2.20. The molecule has 1 unspecified atom stereocenters. The summed E-state index contributed by atoms with van der Waals surface area (Å²) in [6.07, 6.45) is 4.03. The fraction of sp³-hybridized carbons (Fsp3) is 0.533. The van der Waals surface area contributed by atoms with Gasteiger partial charge in [0.1, 0.15) is 6.33 Å². The Morgan fingerprint density at radius 2 is 2.00 bits per heavy atom. The van der Waals surface area contributed by atoms with E-state index in [0.29, 0.717) is 6.04 Å². The van der Waals surface area contributed by atoms with Crippen molar-refractivity contribution in [3.8, 4) is 5.69 Å². The Hall–Kier alpha value is -1.91. The van der Waals surface area contributed by atoms with Gasteiger partial charge in [0.25, 0.3) is 0 Å². The molecule has 2 aromatic rings. The van der Waals surface area contributed by atoms with Crippen LogP contribution in [-0.4, -0.2) is 26.2 Å². The normalized spacial score (nSPS) is 12.7. The summed E-state index contributed by atoms with van der Waals surface area (Å²) in [6.45, 7) is 8.80. The van der Waals surface area contributed by atoms with Crippen LogP contribution in [0.2, 0.25) is 0 Å². The van der Waals surface area contributed by atoms with Crippen molar-refractivity contribution in [3.63, 3.8) is 0 Å². The average molecular weight is 273 g/mol. The van der Waals surface area contributed by atoms with Crippen LogP contribution in [0, 0.1) is 12.8 Å². The molecule has 20 heavy (non-hydrogen) atoms. The number of hydrogen-bond acceptors (Lipinski definition) is 4. The maximum absolute atomic E-state index is 3.95. The lowest BCUT2D eigenvalue weighted by molar-refractivity contribution is 0.527. The molecule has 1 aromatic heterocycles.